The number of halogens is 1. The molecule has 20 heavy (non-hydrogen) atoms. The molecule has 0 atom stereocenters. The third-order valence-corrected chi connectivity index (χ3v) is 4.16. The number of hydrogen-bond donors (Lipinski definition) is 0. The molecule has 0 fully saturated rings. The van der Waals surface area contributed by atoms with Gasteiger partial charge in [-0.1, -0.05) is 32.9 Å². The number of benzene rings is 1. The highest BCUT2D eigenvalue weighted by atomic mass is 79.9. The molecular formula is C17H20BrNO. The van der Waals surface area contributed by atoms with Crippen LogP contribution in [0.5, 0.6) is 11.6 Å². The summed E-state index contributed by atoms with van der Waals surface area (Å²) >= 11 is 3.40. The lowest BCUT2D eigenvalue weighted by molar-refractivity contribution is 0.456. The van der Waals surface area contributed by atoms with E-state index in [-0.39, 0.29) is 5.41 Å². The standard InChI is InChI=1S/C17H20BrNO/c1-5-17(3,4)13-6-8-15(9-7-13)20-16-12(2)10-14(18)11-19-16/h6-11H,5H2,1-4H3. The van der Waals surface area contributed by atoms with Gasteiger partial charge in [-0.2, -0.15) is 0 Å². The maximum atomic E-state index is 5.83. The van der Waals surface area contributed by atoms with E-state index in [1.807, 2.05) is 25.1 Å². The van der Waals surface area contributed by atoms with Crippen molar-refractivity contribution in [1.29, 1.82) is 0 Å². The van der Waals surface area contributed by atoms with Gasteiger partial charge in [0.1, 0.15) is 5.75 Å². The molecule has 106 valence electrons. The van der Waals surface area contributed by atoms with Crippen LogP contribution in [-0.4, -0.2) is 4.98 Å². The number of nitrogens with zero attached hydrogens (tertiary/aromatic N) is 1. The molecule has 0 aliphatic rings. The summed E-state index contributed by atoms with van der Waals surface area (Å²) in [5, 5.41) is 0. The van der Waals surface area contributed by atoms with Crippen molar-refractivity contribution < 1.29 is 4.74 Å². The summed E-state index contributed by atoms with van der Waals surface area (Å²) in [4.78, 5) is 4.29. The van der Waals surface area contributed by atoms with E-state index in [1.54, 1.807) is 6.20 Å². The second-order valence-corrected chi connectivity index (χ2v) is 6.56. The Kier molecular flexibility index (Phi) is 4.48. The lowest BCUT2D eigenvalue weighted by atomic mass is 9.82. The van der Waals surface area contributed by atoms with Crippen LogP contribution in [0.2, 0.25) is 0 Å². The van der Waals surface area contributed by atoms with Crippen LogP contribution in [0.1, 0.15) is 38.3 Å². The highest BCUT2D eigenvalue weighted by Gasteiger charge is 2.17. The fraction of sp³-hybridized carbons (Fsp3) is 0.353. The zero-order chi connectivity index (χ0) is 14.8. The normalized spacial score (nSPS) is 11.4. The van der Waals surface area contributed by atoms with Crippen molar-refractivity contribution >= 4 is 15.9 Å². The van der Waals surface area contributed by atoms with Crippen molar-refractivity contribution in [2.45, 2.75) is 39.5 Å². The third-order valence-electron chi connectivity index (χ3n) is 3.73. The van der Waals surface area contributed by atoms with E-state index < -0.39 is 0 Å². The van der Waals surface area contributed by atoms with E-state index >= 15 is 0 Å². The van der Waals surface area contributed by atoms with Crippen molar-refractivity contribution in [1.82, 2.24) is 4.98 Å². The van der Waals surface area contributed by atoms with Crippen molar-refractivity contribution in [2.24, 2.45) is 0 Å². The molecule has 0 saturated heterocycles. The Labute approximate surface area is 129 Å². The van der Waals surface area contributed by atoms with Crippen molar-refractivity contribution in [3.05, 3.63) is 52.1 Å². The molecule has 0 amide bonds. The smallest absolute Gasteiger partial charge is 0.222 e. The summed E-state index contributed by atoms with van der Waals surface area (Å²) in [6.45, 7) is 8.70. The van der Waals surface area contributed by atoms with Gasteiger partial charge in [0, 0.05) is 16.2 Å². The summed E-state index contributed by atoms with van der Waals surface area (Å²) in [5.74, 6) is 1.47. The van der Waals surface area contributed by atoms with Gasteiger partial charge < -0.3 is 4.74 Å². The monoisotopic (exact) mass is 333 g/mol. The van der Waals surface area contributed by atoms with Gasteiger partial charge >= 0.3 is 0 Å². The summed E-state index contributed by atoms with van der Waals surface area (Å²) in [6, 6.07) is 10.3. The lowest BCUT2D eigenvalue weighted by Gasteiger charge is -2.23. The molecule has 0 unspecified atom stereocenters. The lowest BCUT2D eigenvalue weighted by Crippen LogP contribution is -2.14. The number of ether oxygens (including phenoxy) is 1. The first-order valence-corrected chi connectivity index (χ1v) is 7.62. The van der Waals surface area contributed by atoms with E-state index in [0.717, 1.165) is 22.2 Å². The number of aromatic nitrogens is 1. The Morgan fingerprint density at radius 1 is 1.20 bits per heavy atom. The number of aryl methyl sites for hydroxylation is 1. The Bertz CT molecular complexity index is 590. The van der Waals surface area contributed by atoms with Gasteiger partial charge in [-0.15, -0.1) is 0 Å². The molecular weight excluding hydrogens is 314 g/mol. The molecule has 2 nitrogen and oxygen atoms in total. The minimum absolute atomic E-state index is 0.199. The van der Waals surface area contributed by atoms with Crippen LogP contribution in [0, 0.1) is 6.92 Å². The molecule has 2 aromatic rings. The zero-order valence-corrected chi connectivity index (χ0v) is 14.0. The molecule has 0 aliphatic heterocycles. The van der Waals surface area contributed by atoms with E-state index in [0.29, 0.717) is 5.88 Å². The summed E-state index contributed by atoms with van der Waals surface area (Å²) in [7, 11) is 0. The second-order valence-electron chi connectivity index (χ2n) is 5.64. The van der Waals surface area contributed by atoms with Crippen LogP contribution in [-0.2, 0) is 5.41 Å². The number of pyridine rings is 1. The van der Waals surface area contributed by atoms with Crippen LogP contribution >= 0.6 is 15.9 Å². The quantitative estimate of drug-likeness (QED) is 0.723. The molecule has 0 radical (unpaired) electrons. The Hall–Kier alpha value is -1.35. The van der Waals surface area contributed by atoms with Crippen LogP contribution < -0.4 is 4.74 Å². The maximum absolute atomic E-state index is 5.83. The first kappa shape index (κ1) is 15.0. The molecule has 0 spiro atoms. The fourth-order valence-electron chi connectivity index (χ4n) is 1.92. The largest absolute Gasteiger partial charge is 0.439 e. The van der Waals surface area contributed by atoms with Gasteiger partial charge in [0.2, 0.25) is 5.88 Å². The van der Waals surface area contributed by atoms with Gasteiger partial charge in [-0.25, -0.2) is 4.98 Å². The van der Waals surface area contributed by atoms with Crippen LogP contribution in [0.4, 0.5) is 0 Å². The minimum Gasteiger partial charge on any atom is -0.439 e. The average molecular weight is 334 g/mol. The average Bonchev–Trinajstić information content (AvgIpc) is 2.42. The molecule has 0 aliphatic carbocycles. The highest BCUT2D eigenvalue weighted by Crippen LogP contribution is 2.30. The molecule has 0 saturated carbocycles. The van der Waals surface area contributed by atoms with E-state index in [4.69, 9.17) is 4.74 Å². The number of hydrogen-bond acceptors (Lipinski definition) is 2. The first-order valence-electron chi connectivity index (χ1n) is 6.83. The molecule has 1 heterocycles. The topological polar surface area (TPSA) is 22.1 Å². The Morgan fingerprint density at radius 3 is 2.40 bits per heavy atom. The van der Waals surface area contributed by atoms with Crippen molar-refractivity contribution in [3.63, 3.8) is 0 Å². The number of rotatable bonds is 4. The molecule has 0 bridgehead atoms. The van der Waals surface area contributed by atoms with Gasteiger partial charge in [0.15, 0.2) is 0 Å². The molecule has 2 rings (SSSR count). The van der Waals surface area contributed by atoms with Crippen LogP contribution in [0.25, 0.3) is 0 Å². The Morgan fingerprint density at radius 2 is 1.85 bits per heavy atom. The fourth-order valence-corrected chi connectivity index (χ4v) is 2.37. The second kappa shape index (κ2) is 5.96. The van der Waals surface area contributed by atoms with Crippen molar-refractivity contribution in [2.75, 3.05) is 0 Å². The van der Waals surface area contributed by atoms with Gasteiger partial charge in [-0.05, 0) is 58.5 Å². The first-order chi connectivity index (χ1) is 9.42. The minimum atomic E-state index is 0.199. The van der Waals surface area contributed by atoms with Crippen LogP contribution in [0.15, 0.2) is 41.0 Å². The predicted molar refractivity (Wildman–Crippen MR) is 86.5 cm³/mol. The summed E-state index contributed by atoms with van der Waals surface area (Å²) < 4.78 is 6.79. The summed E-state index contributed by atoms with van der Waals surface area (Å²) in [6.07, 6.45) is 2.86. The van der Waals surface area contributed by atoms with E-state index in [2.05, 4.69) is 53.8 Å². The van der Waals surface area contributed by atoms with E-state index in [9.17, 15) is 0 Å². The highest BCUT2D eigenvalue weighted by molar-refractivity contribution is 9.10. The maximum Gasteiger partial charge on any atom is 0.222 e. The SMILES string of the molecule is CCC(C)(C)c1ccc(Oc2ncc(Br)cc2C)cc1. The molecule has 0 N–H and O–H groups in total. The van der Waals surface area contributed by atoms with Gasteiger partial charge in [0.05, 0.1) is 0 Å². The van der Waals surface area contributed by atoms with E-state index in [1.165, 1.54) is 5.56 Å². The third kappa shape index (κ3) is 3.40. The molecule has 1 aromatic carbocycles. The van der Waals surface area contributed by atoms with Gasteiger partial charge in [0.25, 0.3) is 0 Å². The van der Waals surface area contributed by atoms with Gasteiger partial charge in [-0.3, -0.25) is 0 Å². The van der Waals surface area contributed by atoms with Crippen molar-refractivity contribution in [3.8, 4) is 11.6 Å². The Balaban J connectivity index is 2.19. The molecule has 1 aromatic heterocycles. The summed E-state index contributed by atoms with van der Waals surface area (Å²) in [5.41, 5.74) is 2.54. The van der Waals surface area contributed by atoms with Crippen LogP contribution in [0.3, 0.4) is 0 Å². The predicted octanol–water partition coefficient (Wildman–Crippen LogP) is 5.63. The molecule has 3 heteroatoms. The zero-order valence-electron chi connectivity index (χ0n) is 12.4.